The molecule has 0 spiro atoms. The van der Waals surface area contributed by atoms with E-state index >= 15 is 0 Å². The maximum atomic E-state index is 13.1. The van der Waals surface area contributed by atoms with Gasteiger partial charge in [-0.2, -0.15) is 0 Å². The molecule has 182 valence electrons. The average Bonchev–Trinajstić information content (AvgIpc) is 3.19. The molecule has 0 saturated carbocycles. The number of ether oxygens (including phenoxy) is 2. The molecule has 2 heterocycles. The fourth-order valence-corrected chi connectivity index (χ4v) is 3.32. The van der Waals surface area contributed by atoms with E-state index in [1.54, 1.807) is 25.3 Å². The van der Waals surface area contributed by atoms with Gasteiger partial charge in [-0.05, 0) is 43.5 Å². The van der Waals surface area contributed by atoms with Gasteiger partial charge in [0.2, 0.25) is 0 Å². The van der Waals surface area contributed by atoms with Gasteiger partial charge in [0.05, 0.1) is 20.3 Å². The van der Waals surface area contributed by atoms with E-state index in [1.165, 1.54) is 0 Å². The van der Waals surface area contributed by atoms with Gasteiger partial charge in [0.25, 0.3) is 11.9 Å². The van der Waals surface area contributed by atoms with Crippen LogP contribution in [-0.4, -0.2) is 53.7 Å². The van der Waals surface area contributed by atoms with Crippen molar-refractivity contribution in [1.29, 1.82) is 0 Å². The Bertz CT molecular complexity index is 921. The summed E-state index contributed by atoms with van der Waals surface area (Å²) in [6.45, 7) is 7.57. The Labute approximate surface area is 194 Å². The summed E-state index contributed by atoms with van der Waals surface area (Å²) in [6.07, 6.45) is 3.30. The maximum Gasteiger partial charge on any atom is 0.300 e. The average molecular weight is 462 g/mol. The molecule has 1 aliphatic rings. The lowest BCUT2D eigenvalue weighted by molar-refractivity contribution is -0.134. The van der Waals surface area contributed by atoms with Crippen LogP contribution >= 0.6 is 0 Å². The van der Waals surface area contributed by atoms with Crippen molar-refractivity contribution in [2.45, 2.75) is 53.0 Å². The summed E-state index contributed by atoms with van der Waals surface area (Å²) in [7, 11) is 1.58. The van der Waals surface area contributed by atoms with E-state index in [9.17, 15) is 4.79 Å². The first-order valence-corrected chi connectivity index (χ1v) is 11.2. The molecule has 9 nitrogen and oxygen atoms in total. The van der Waals surface area contributed by atoms with Crippen molar-refractivity contribution in [3.8, 4) is 11.5 Å². The number of rotatable bonds is 9. The van der Waals surface area contributed by atoms with Gasteiger partial charge in [-0.1, -0.05) is 13.8 Å². The molecule has 1 aliphatic heterocycles. The molecule has 9 heteroatoms. The predicted octanol–water partition coefficient (Wildman–Crippen LogP) is 3.29. The van der Waals surface area contributed by atoms with Crippen LogP contribution in [0.15, 0.2) is 22.6 Å². The summed E-state index contributed by atoms with van der Waals surface area (Å²) >= 11 is 0. The number of carbonyl (C=O) groups is 2. The Morgan fingerprint density at radius 1 is 1.30 bits per heavy atom. The van der Waals surface area contributed by atoms with Crippen LogP contribution in [0.1, 0.15) is 61.3 Å². The van der Waals surface area contributed by atoms with E-state index in [4.69, 9.17) is 29.5 Å². The fourth-order valence-electron chi connectivity index (χ4n) is 3.32. The lowest BCUT2D eigenvalue weighted by Crippen LogP contribution is -2.35. The molecule has 3 N–H and O–H groups in total. The molecule has 0 saturated heterocycles. The number of hydrogen-bond donors (Lipinski definition) is 2. The minimum absolute atomic E-state index is 0.0475. The number of aromatic nitrogens is 1. The number of amides is 1. The van der Waals surface area contributed by atoms with Crippen LogP contribution in [0.3, 0.4) is 0 Å². The Kier molecular flexibility index (Phi) is 10.2. The predicted molar refractivity (Wildman–Crippen MR) is 124 cm³/mol. The number of carboxylic acid groups (broad SMARTS) is 1. The number of nitrogens with two attached hydrogens (primary N) is 1. The van der Waals surface area contributed by atoms with Gasteiger partial charge in [0.1, 0.15) is 11.5 Å². The van der Waals surface area contributed by atoms with Gasteiger partial charge in [-0.25, -0.2) is 4.98 Å². The van der Waals surface area contributed by atoms with Crippen LogP contribution in [0.4, 0.5) is 0 Å². The first-order valence-electron chi connectivity index (χ1n) is 11.2. The molecule has 0 aliphatic carbocycles. The molecule has 1 aromatic carbocycles. The van der Waals surface area contributed by atoms with Crippen LogP contribution in [0.2, 0.25) is 0 Å². The third kappa shape index (κ3) is 8.09. The second-order valence-electron chi connectivity index (χ2n) is 8.26. The number of fused-ring (bicyclic) bond motifs is 1. The Morgan fingerprint density at radius 2 is 2.03 bits per heavy atom. The molecule has 1 aromatic heterocycles. The zero-order chi connectivity index (χ0) is 24.4. The van der Waals surface area contributed by atoms with E-state index in [-0.39, 0.29) is 5.91 Å². The molecular formula is C24H35N3O6. The minimum atomic E-state index is -0.833. The number of benzene rings is 1. The first kappa shape index (κ1) is 26.2. The smallest absolute Gasteiger partial charge is 0.300 e. The van der Waals surface area contributed by atoms with E-state index in [2.05, 4.69) is 18.8 Å². The maximum absolute atomic E-state index is 13.1. The monoisotopic (exact) mass is 461 g/mol. The minimum Gasteiger partial charge on any atom is -0.493 e. The zero-order valence-corrected chi connectivity index (χ0v) is 19.9. The van der Waals surface area contributed by atoms with Crippen molar-refractivity contribution >= 4 is 11.9 Å². The van der Waals surface area contributed by atoms with Gasteiger partial charge in [-0.15, -0.1) is 0 Å². The molecule has 2 aromatic rings. The molecule has 0 fully saturated rings. The molecule has 0 atom stereocenters. The van der Waals surface area contributed by atoms with E-state index < -0.39 is 5.97 Å². The van der Waals surface area contributed by atoms with E-state index in [1.807, 2.05) is 4.90 Å². The number of carboxylic acids is 1. The Balaban J connectivity index is 0.000000890. The number of methoxy groups -OCH3 is 1. The quantitative estimate of drug-likeness (QED) is 0.545. The van der Waals surface area contributed by atoms with E-state index in [0.29, 0.717) is 55.6 Å². The van der Waals surface area contributed by atoms with Crippen LogP contribution < -0.4 is 15.2 Å². The second-order valence-corrected chi connectivity index (χ2v) is 8.26. The van der Waals surface area contributed by atoms with Gasteiger partial charge in [0, 0.05) is 31.9 Å². The van der Waals surface area contributed by atoms with Crippen LogP contribution in [0, 0.1) is 5.92 Å². The number of nitrogens with zero attached hydrogens (tertiary/aromatic N) is 2. The summed E-state index contributed by atoms with van der Waals surface area (Å²) < 4.78 is 17.0. The van der Waals surface area contributed by atoms with Crippen LogP contribution in [0.25, 0.3) is 0 Å². The number of aliphatic carboxylic acids is 1. The summed E-state index contributed by atoms with van der Waals surface area (Å²) in [4.78, 5) is 28.5. The summed E-state index contributed by atoms with van der Waals surface area (Å²) in [5, 5.41) is 7.42. The first-order chi connectivity index (χ1) is 15.7. The Hall–Kier alpha value is -3.07. The van der Waals surface area contributed by atoms with Crippen molar-refractivity contribution in [3.63, 3.8) is 0 Å². The molecule has 3 rings (SSSR count). The highest BCUT2D eigenvalue weighted by molar-refractivity contribution is 5.95. The summed E-state index contributed by atoms with van der Waals surface area (Å²) in [5.74, 6) is 2.57. The van der Waals surface area contributed by atoms with Crippen molar-refractivity contribution in [3.05, 3.63) is 41.1 Å². The van der Waals surface area contributed by atoms with Gasteiger partial charge in [-0.3, -0.25) is 9.59 Å². The van der Waals surface area contributed by atoms with Crippen LogP contribution in [0.5, 0.6) is 11.5 Å². The van der Waals surface area contributed by atoms with Crippen molar-refractivity contribution < 1.29 is 28.6 Å². The van der Waals surface area contributed by atoms with Crippen molar-refractivity contribution in [2.24, 2.45) is 11.7 Å². The standard InChI is InChI=1S/C22H31N3O4.C2H4O2/c1-15(2)5-8-21-24-17-14-25(11-9-18(17)29-21)22(26)16-6-7-19(27-3)20(13-16)28-12-4-10-23;1-2(3)4/h6-7,13,15H,4-5,8-12,14,23H2,1-3H3;1H3,(H,3,4). The highest BCUT2D eigenvalue weighted by Crippen LogP contribution is 2.30. The van der Waals surface area contributed by atoms with E-state index in [0.717, 1.165) is 43.5 Å². The normalized spacial score (nSPS) is 12.6. The molecule has 33 heavy (non-hydrogen) atoms. The molecule has 0 unspecified atom stereocenters. The fraction of sp³-hybridized carbons (Fsp3) is 0.542. The molecule has 0 radical (unpaired) electrons. The summed E-state index contributed by atoms with van der Waals surface area (Å²) in [5.41, 5.74) is 6.97. The zero-order valence-electron chi connectivity index (χ0n) is 19.9. The Morgan fingerprint density at radius 3 is 2.67 bits per heavy atom. The highest BCUT2D eigenvalue weighted by atomic mass is 16.5. The van der Waals surface area contributed by atoms with Gasteiger partial charge in [0.15, 0.2) is 17.4 Å². The third-order valence-corrected chi connectivity index (χ3v) is 5.01. The lowest BCUT2D eigenvalue weighted by Gasteiger charge is -2.25. The van der Waals surface area contributed by atoms with Crippen LogP contribution in [-0.2, 0) is 24.2 Å². The molecule has 0 bridgehead atoms. The lowest BCUT2D eigenvalue weighted by atomic mass is 10.1. The SMILES string of the molecule is CC(=O)O.COc1ccc(C(=O)N2CCc3oc(CCC(C)C)nc3C2)cc1OCCCN. The number of oxazole rings is 1. The molecular weight excluding hydrogens is 426 g/mol. The second kappa shape index (κ2) is 12.8. The van der Waals surface area contributed by atoms with Crippen molar-refractivity contribution in [1.82, 2.24) is 9.88 Å². The number of hydrogen-bond acceptors (Lipinski definition) is 7. The molecule has 1 amide bonds. The third-order valence-electron chi connectivity index (χ3n) is 5.01. The highest BCUT2D eigenvalue weighted by Gasteiger charge is 2.26. The summed E-state index contributed by atoms with van der Waals surface area (Å²) in [6, 6.07) is 5.27. The topological polar surface area (TPSA) is 128 Å². The van der Waals surface area contributed by atoms with Gasteiger partial charge >= 0.3 is 0 Å². The number of aryl methyl sites for hydroxylation is 1. The number of carbonyl (C=O) groups excluding carboxylic acids is 1. The van der Waals surface area contributed by atoms with Crippen molar-refractivity contribution in [2.75, 3.05) is 26.8 Å². The largest absolute Gasteiger partial charge is 0.493 e. The van der Waals surface area contributed by atoms with Gasteiger partial charge < -0.3 is 29.6 Å².